The molecular weight excluding hydrogens is 256 g/mol. The van der Waals surface area contributed by atoms with Gasteiger partial charge >= 0.3 is 0 Å². The van der Waals surface area contributed by atoms with Crippen molar-refractivity contribution < 1.29 is 14.6 Å². The van der Waals surface area contributed by atoms with E-state index in [4.69, 9.17) is 21.4 Å². The van der Waals surface area contributed by atoms with E-state index in [-0.39, 0.29) is 19.1 Å². The van der Waals surface area contributed by atoms with Gasteiger partial charge in [-0.15, -0.1) is 0 Å². The third-order valence-electron chi connectivity index (χ3n) is 2.07. The molecule has 1 rings (SSSR count). The molecule has 0 atom stereocenters. The van der Waals surface area contributed by atoms with Gasteiger partial charge in [-0.2, -0.15) is 0 Å². The Balaban J connectivity index is 2.12. The molecule has 0 aliphatic rings. The average Bonchev–Trinajstić information content (AvgIpc) is 2.36. The Morgan fingerprint density at radius 1 is 1.28 bits per heavy atom. The minimum Gasteiger partial charge on any atom is -0.394 e. The third-order valence-corrected chi connectivity index (χ3v) is 2.32. The van der Waals surface area contributed by atoms with Crippen LogP contribution in [-0.2, 0) is 9.53 Å². The molecule has 0 unspecified atom stereocenters. The first kappa shape index (κ1) is 14.9. The number of hydrogen-bond donors (Lipinski definition) is 3. The summed E-state index contributed by atoms with van der Waals surface area (Å²) in [6, 6.07) is 6.91. The van der Waals surface area contributed by atoms with E-state index in [0.29, 0.717) is 30.5 Å². The number of aliphatic hydroxyl groups is 1. The Hall–Kier alpha value is -1.14. The zero-order valence-electron chi connectivity index (χ0n) is 9.99. The van der Waals surface area contributed by atoms with E-state index in [0.717, 1.165) is 0 Å². The van der Waals surface area contributed by atoms with Crippen molar-refractivity contribution in [3.8, 4) is 0 Å². The molecule has 0 radical (unpaired) electrons. The predicted molar refractivity (Wildman–Crippen MR) is 70.9 cm³/mol. The van der Waals surface area contributed by atoms with E-state index in [1.807, 2.05) is 0 Å². The summed E-state index contributed by atoms with van der Waals surface area (Å²) in [7, 11) is 0. The molecule has 5 nitrogen and oxygen atoms in total. The quantitative estimate of drug-likeness (QED) is 0.615. The fraction of sp³-hybridized carbons (Fsp3) is 0.417. The van der Waals surface area contributed by atoms with Crippen molar-refractivity contribution in [2.45, 2.75) is 0 Å². The van der Waals surface area contributed by atoms with Gasteiger partial charge < -0.3 is 20.5 Å². The smallest absolute Gasteiger partial charge is 0.238 e. The summed E-state index contributed by atoms with van der Waals surface area (Å²) in [4.78, 5) is 11.5. The molecule has 1 aromatic rings. The molecule has 0 aliphatic heterocycles. The molecule has 0 aliphatic carbocycles. The van der Waals surface area contributed by atoms with Crippen LogP contribution in [0.2, 0.25) is 5.02 Å². The lowest BCUT2D eigenvalue weighted by Crippen LogP contribution is -2.30. The first-order valence-electron chi connectivity index (χ1n) is 5.67. The molecule has 0 saturated heterocycles. The van der Waals surface area contributed by atoms with Gasteiger partial charge in [0, 0.05) is 17.3 Å². The van der Waals surface area contributed by atoms with Gasteiger partial charge in [0.2, 0.25) is 5.91 Å². The molecule has 1 aromatic carbocycles. The van der Waals surface area contributed by atoms with Crippen molar-refractivity contribution in [1.29, 1.82) is 0 Å². The number of benzene rings is 1. The maximum atomic E-state index is 11.5. The molecule has 0 spiro atoms. The van der Waals surface area contributed by atoms with Gasteiger partial charge in [-0.3, -0.25) is 4.79 Å². The molecule has 6 heteroatoms. The number of halogens is 1. The van der Waals surface area contributed by atoms with E-state index in [9.17, 15) is 4.79 Å². The predicted octanol–water partition coefficient (Wildman–Crippen LogP) is 0.877. The highest BCUT2D eigenvalue weighted by Crippen LogP contribution is 2.12. The van der Waals surface area contributed by atoms with Gasteiger partial charge in [0.25, 0.3) is 0 Å². The molecule has 100 valence electrons. The van der Waals surface area contributed by atoms with Crippen molar-refractivity contribution >= 4 is 23.2 Å². The Bertz CT molecular complexity index is 357. The van der Waals surface area contributed by atoms with Crippen LogP contribution < -0.4 is 10.6 Å². The van der Waals surface area contributed by atoms with Gasteiger partial charge in [0.15, 0.2) is 0 Å². The van der Waals surface area contributed by atoms with Gasteiger partial charge in [0.1, 0.15) is 0 Å². The highest BCUT2D eigenvalue weighted by molar-refractivity contribution is 6.30. The zero-order valence-corrected chi connectivity index (χ0v) is 10.7. The summed E-state index contributed by atoms with van der Waals surface area (Å²) in [5, 5.41) is 14.8. The summed E-state index contributed by atoms with van der Waals surface area (Å²) in [6.07, 6.45) is 0. The Morgan fingerprint density at radius 2 is 2.00 bits per heavy atom. The summed E-state index contributed by atoms with van der Waals surface area (Å²) in [5.41, 5.74) is 0.711. The fourth-order valence-corrected chi connectivity index (χ4v) is 1.38. The number of ether oxygens (including phenoxy) is 1. The monoisotopic (exact) mass is 272 g/mol. The van der Waals surface area contributed by atoms with Crippen LogP contribution in [0.1, 0.15) is 0 Å². The van der Waals surface area contributed by atoms with E-state index in [2.05, 4.69) is 10.6 Å². The molecule has 0 heterocycles. The van der Waals surface area contributed by atoms with Crippen molar-refractivity contribution in [2.24, 2.45) is 0 Å². The summed E-state index contributed by atoms with van der Waals surface area (Å²) in [5.74, 6) is -0.125. The van der Waals surface area contributed by atoms with Crippen LogP contribution in [0.4, 0.5) is 5.69 Å². The second kappa shape index (κ2) is 8.88. The van der Waals surface area contributed by atoms with Crippen molar-refractivity contribution in [1.82, 2.24) is 5.32 Å². The van der Waals surface area contributed by atoms with Crippen LogP contribution in [0.3, 0.4) is 0 Å². The lowest BCUT2D eigenvalue weighted by atomic mass is 10.3. The van der Waals surface area contributed by atoms with Gasteiger partial charge in [0.05, 0.1) is 26.4 Å². The zero-order chi connectivity index (χ0) is 13.2. The summed E-state index contributed by atoms with van der Waals surface area (Å²) < 4.78 is 5.04. The highest BCUT2D eigenvalue weighted by Gasteiger charge is 2.01. The lowest BCUT2D eigenvalue weighted by molar-refractivity contribution is -0.115. The minimum absolute atomic E-state index is 0.0110. The molecule has 0 bridgehead atoms. The highest BCUT2D eigenvalue weighted by atomic mass is 35.5. The van der Waals surface area contributed by atoms with E-state index < -0.39 is 0 Å². The first-order valence-corrected chi connectivity index (χ1v) is 6.05. The van der Waals surface area contributed by atoms with Crippen LogP contribution in [0.15, 0.2) is 24.3 Å². The normalized spacial score (nSPS) is 10.3. The molecule has 0 saturated carbocycles. The minimum atomic E-state index is -0.125. The van der Waals surface area contributed by atoms with Crippen molar-refractivity contribution in [3.05, 3.63) is 29.3 Å². The maximum absolute atomic E-state index is 11.5. The van der Waals surface area contributed by atoms with Gasteiger partial charge in [-0.05, 0) is 24.3 Å². The number of rotatable bonds is 8. The number of carbonyl (C=O) groups is 1. The van der Waals surface area contributed by atoms with Crippen LogP contribution >= 0.6 is 11.6 Å². The molecular formula is C12H17ClN2O3. The summed E-state index contributed by atoms with van der Waals surface area (Å²) in [6.45, 7) is 1.57. The molecule has 0 fully saturated rings. The Labute approximate surface area is 111 Å². The summed E-state index contributed by atoms with van der Waals surface area (Å²) >= 11 is 5.74. The number of nitrogens with one attached hydrogen (secondary N) is 2. The fourth-order valence-electron chi connectivity index (χ4n) is 1.25. The van der Waals surface area contributed by atoms with Crippen molar-refractivity contribution in [2.75, 3.05) is 38.2 Å². The number of amides is 1. The van der Waals surface area contributed by atoms with Crippen LogP contribution in [-0.4, -0.2) is 43.9 Å². The number of hydrogen-bond acceptors (Lipinski definition) is 4. The lowest BCUT2D eigenvalue weighted by Gasteiger charge is -2.07. The average molecular weight is 273 g/mol. The largest absolute Gasteiger partial charge is 0.394 e. The molecule has 18 heavy (non-hydrogen) atoms. The van der Waals surface area contributed by atoms with Crippen molar-refractivity contribution in [3.63, 3.8) is 0 Å². The standard InChI is InChI=1S/C12H17ClN2O3/c13-10-1-3-11(4-2-10)15-12(17)9-14-5-7-18-8-6-16/h1-4,14,16H,5-9H2,(H,15,17). The first-order chi connectivity index (χ1) is 8.72. The molecule has 0 aromatic heterocycles. The number of carbonyl (C=O) groups excluding carboxylic acids is 1. The second-order valence-electron chi connectivity index (χ2n) is 3.57. The van der Waals surface area contributed by atoms with Gasteiger partial charge in [-0.1, -0.05) is 11.6 Å². The van der Waals surface area contributed by atoms with E-state index >= 15 is 0 Å². The SMILES string of the molecule is O=C(CNCCOCCO)Nc1ccc(Cl)cc1. The van der Waals surface area contributed by atoms with Crippen LogP contribution in [0.25, 0.3) is 0 Å². The third kappa shape index (κ3) is 6.56. The van der Waals surface area contributed by atoms with Crippen LogP contribution in [0.5, 0.6) is 0 Å². The molecule has 1 amide bonds. The van der Waals surface area contributed by atoms with E-state index in [1.54, 1.807) is 24.3 Å². The maximum Gasteiger partial charge on any atom is 0.238 e. The number of anilines is 1. The Kier molecular flexibility index (Phi) is 7.36. The van der Waals surface area contributed by atoms with Gasteiger partial charge in [-0.25, -0.2) is 0 Å². The number of aliphatic hydroxyl groups excluding tert-OH is 1. The second-order valence-corrected chi connectivity index (χ2v) is 4.00. The topological polar surface area (TPSA) is 70.6 Å². The van der Waals surface area contributed by atoms with E-state index in [1.165, 1.54) is 0 Å². The molecule has 3 N–H and O–H groups in total. The van der Waals surface area contributed by atoms with Crippen LogP contribution in [0, 0.1) is 0 Å². The Morgan fingerprint density at radius 3 is 2.67 bits per heavy atom.